The molecule has 1 heterocycles. The third-order valence-electron chi connectivity index (χ3n) is 5.15. The minimum absolute atomic E-state index is 0.0528. The quantitative estimate of drug-likeness (QED) is 0.700. The summed E-state index contributed by atoms with van der Waals surface area (Å²) in [5, 5.41) is 0. The van der Waals surface area contributed by atoms with Gasteiger partial charge in [0, 0.05) is 26.2 Å². The van der Waals surface area contributed by atoms with Crippen molar-refractivity contribution in [3.05, 3.63) is 59.9 Å². The predicted molar refractivity (Wildman–Crippen MR) is 112 cm³/mol. The standard InChI is InChI=1S/C22H27FN2O4S/c1-17(2)18-5-3-6-20(15-18)29-16-22(26)24-11-4-12-25(14-13-24)30(27,28)21-9-7-19(23)8-10-21/h3,5-10,15,17H,4,11-14,16H2,1-2H3. The molecular formula is C22H27FN2O4S. The van der Waals surface area contributed by atoms with Crippen molar-refractivity contribution in [1.29, 1.82) is 0 Å². The molecule has 0 radical (unpaired) electrons. The zero-order chi connectivity index (χ0) is 21.7. The summed E-state index contributed by atoms with van der Waals surface area (Å²) >= 11 is 0. The van der Waals surface area contributed by atoms with Gasteiger partial charge in [0.05, 0.1) is 4.90 Å². The molecule has 2 aromatic carbocycles. The van der Waals surface area contributed by atoms with Gasteiger partial charge in [0.15, 0.2) is 6.61 Å². The van der Waals surface area contributed by atoms with Crippen LogP contribution in [0.1, 0.15) is 31.7 Å². The van der Waals surface area contributed by atoms with Crippen LogP contribution >= 0.6 is 0 Å². The van der Waals surface area contributed by atoms with E-state index in [1.165, 1.54) is 16.4 Å². The fourth-order valence-electron chi connectivity index (χ4n) is 3.34. The van der Waals surface area contributed by atoms with Crippen molar-refractivity contribution in [3.63, 3.8) is 0 Å². The Hall–Kier alpha value is -2.45. The van der Waals surface area contributed by atoms with Gasteiger partial charge in [-0.1, -0.05) is 26.0 Å². The fourth-order valence-corrected chi connectivity index (χ4v) is 4.81. The van der Waals surface area contributed by atoms with Crippen molar-refractivity contribution in [2.75, 3.05) is 32.8 Å². The molecule has 3 rings (SSSR count). The smallest absolute Gasteiger partial charge is 0.260 e. The van der Waals surface area contributed by atoms with E-state index >= 15 is 0 Å². The van der Waals surface area contributed by atoms with Crippen molar-refractivity contribution in [3.8, 4) is 5.75 Å². The van der Waals surface area contributed by atoms with Gasteiger partial charge in [-0.15, -0.1) is 0 Å². The van der Waals surface area contributed by atoms with Crippen molar-refractivity contribution >= 4 is 15.9 Å². The summed E-state index contributed by atoms with van der Waals surface area (Å²) in [4.78, 5) is 14.3. The molecule has 0 unspecified atom stereocenters. The monoisotopic (exact) mass is 434 g/mol. The summed E-state index contributed by atoms with van der Waals surface area (Å²) < 4.78 is 45.7. The van der Waals surface area contributed by atoms with Gasteiger partial charge in [-0.2, -0.15) is 4.31 Å². The van der Waals surface area contributed by atoms with Gasteiger partial charge in [0.2, 0.25) is 10.0 Å². The van der Waals surface area contributed by atoms with Gasteiger partial charge < -0.3 is 9.64 Å². The van der Waals surface area contributed by atoms with Gasteiger partial charge in [-0.05, 0) is 54.3 Å². The summed E-state index contributed by atoms with van der Waals surface area (Å²) in [5.41, 5.74) is 1.14. The lowest BCUT2D eigenvalue weighted by Crippen LogP contribution is -2.39. The second-order valence-corrected chi connectivity index (χ2v) is 9.55. The van der Waals surface area contributed by atoms with Crippen LogP contribution in [0.2, 0.25) is 0 Å². The Morgan fingerprint density at radius 1 is 1.07 bits per heavy atom. The number of rotatable bonds is 6. The highest BCUT2D eigenvalue weighted by Gasteiger charge is 2.28. The molecule has 1 saturated heterocycles. The van der Waals surface area contributed by atoms with Crippen LogP contribution in [0.15, 0.2) is 53.4 Å². The number of ether oxygens (including phenoxy) is 1. The topological polar surface area (TPSA) is 66.9 Å². The number of nitrogens with zero attached hydrogens (tertiary/aromatic N) is 2. The van der Waals surface area contributed by atoms with E-state index in [1.807, 2.05) is 24.3 Å². The van der Waals surface area contributed by atoms with Gasteiger partial charge >= 0.3 is 0 Å². The van der Waals surface area contributed by atoms with Crippen LogP contribution in [-0.4, -0.2) is 56.3 Å². The maximum absolute atomic E-state index is 13.1. The predicted octanol–water partition coefficient (Wildman–Crippen LogP) is 3.25. The average Bonchev–Trinajstić information content (AvgIpc) is 2.99. The van der Waals surface area contributed by atoms with E-state index in [2.05, 4.69) is 13.8 Å². The van der Waals surface area contributed by atoms with Gasteiger partial charge in [-0.3, -0.25) is 4.79 Å². The molecule has 0 aromatic heterocycles. The molecule has 6 nitrogen and oxygen atoms in total. The highest BCUT2D eigenvalue weighted by atomic mass is 32.2. The molecule has 1 aliphatic rings. The SMILES string of the molecule is CC(C)c1cccc(OCC(=O)N2CCCN(S(=O)(=O)c3ccc(F)cc3)CC2)c1. The molecule has 30 heavy (non-hydrogen) atoms. The van der Waals surface area contributed by atoms with Crippen LogP contribution in [0, 0.1) is 5.82 Å². The Labute approximate surface area is 177 Å². The maximum atomic E-state index is 13.1. The molecule has 162 valence electrons. The maximum Gasteiger partial charge on any atom is 0.260 e. The number of halogens is 1. The van der Waals surface area contributed by atoms with Crippen molar-refractivity contribution < 1.29 is 22.3 Å². The normalized spacial score (nSPS) is 15.8. The van der Waals surface area contributed by atoms with E-state index in [9.17, 15) is 17.6 Å². The molecular weight excluding hydrogens is 407 g/mol. The van der Waals surface area contributed by atoms with E-state index < -0.39 is 15.8 Å². The lowest BCUT2D eigenvalue weighted by Gasteiger charge is -2.22. The lowest BCUT2D eigenvalue weighted by molar-refractivity contribution is -0.133. The van der Waals surface area contributed by atoms with Crippen LogP contribution in [0.3, 0.4) is 0 Å². The first-order valence-electron chi connectivity index (χ1n) is 10.0. The minimum atomic E-state index is -3.72. The molecule has 1 aliphatic heterocycles. The number of amides is 1. The van der Waals surface area contributed by atoms with Crippen molar-refractivity contribution in [2.45, 2.75) is 31.1 Å². The largest absolute Gasteiger partial charge is 0.484 e. The summed E-state index contributed by atoms with van der Waals surface area (Å²) in [6, 6.07) is 12.5. The molecule has 0 N–H and O–H groups in total. The summed E-state index contributed by atoms with van der Waals surface area (Å²) in [6.07, 6.45) is 0.523. The Morgan fingerprint density at radius 3 is 2.50 bits per heavy atom. The molecule has 1 amide bonds. The van der Waals surface area contributed by atoms with E-state index in [-0.39, 0.29) is 30.5 Å². The molecule has 8 heteroatoms. The first-order valence-corrected chi connectivity index (χ1v) is 11.5. The average molecular weight is 435 g/mol. The molecule has 0 saturated carbocycles. The molecule has 0 bridgehead atoms. The second kappa shape index (κ2) is 9.57. The van der Waals surface area contributed by atoms with E-state index in [0.717, 1.165) is 17.7 Å². The van der Waals surface area contributed by atoms with Crippen LogP contribution < -0.4 is 4.74 Å². The Kier molecular flexibility index (Phi) is 7.10. The summed E-state index contributed by atoms with van der Waals surface area (Å²) in [7, 11) is -3.72. The van der Waals surface area contributed by atoms with Crippen molar-refractivity contribution in [1.82, 2.24) is 9.21 Å². The highest BCUT2D eigenvalue weighted by Crippen LogP contribution is 2.21. The van der Waals surface area contributed by atoms with E-state index in [0.29, 0.717) is 31.2 Å². The zero-order valence-corrected chi connectivity index (χ0v) is 18.1. The first kappa shape index (κ1) is 22.2. The number of hydrogen-bond acceptors (Lipinski definition) is 4. The fraction of sp³-hybridized carbons (Fsp3) is 0.409. The second-order valence-electron chi connectivity index (χ2n) is 7.61. The zero-order valence-electron chi connectivity index (χ0n) is 17.3. The van der Waals surface area contributed by atoms with Gasteiger partial charge in [0.25, 0.3) is 5.91 Å². The van der Waals surface area contributed by atoms with Crippen LogP contribution in [0.25, 0.3) is 0 Å². The number of carbonyl (C=O) groups excluding carboxylic acids is 1. The summed E-state index contributed by atoms with van der Waals surface area (Å²) in [6.45, 7) is 5.33. The third-order valence-corrected chi connectivity index (χ3v) is 7.06. The highest BCUT2D eigenvalue weighted by molar-refractivity contribution is 7.89. The number of hydrogen-bond donors (Lipinski definition) is 0. The number of carbonyl (C=O) groups is 1. The first-order chi connectivity index (χ1) is 14.3. The van der Waals surface area contributed by atoms with Crippen LogP contribution in [-0.2, 0) is 14.8 Å². The molecule has 1 fully saturated rings. The number of benzene rings is 2. The lowest BCUT2D eigenvalue weighted by atomic mass is 10.0. The molecule has 0 atom stereocenters. The van der Waals surface area contributed by atoms with Gasteiger partial charge in [-0.25, -0.2) is 12.8 Å². The van der Waals surface area contributed by atoms with E-state index in [4.69, 9.17) is 4.74 Å². The molecule has 0 spiro atoms. The molecule has 2 aromatic rings. The Bertz CT molecular complexity index is 977. The Morgan fingerprint density at radius 2 is 1.80 bits per heavy atom. The summed E-state index contributed by atoms with van der Waals surface area (Å²) in [5.74, 6) is 0.347. The van der Waals surface area contributed by atoms with Crippen LogP contribution in [0.4, 0.5) is 4.39 Å². The molecule has 0 aliphatic carbocycles. The van der Waals surface area contributed by atoms with Crippen molar-refractivity contribution in [2.24, 2.45) is 0 Å². The Balaban J connectivity index is 1.58. The van der Waals surface area contributed by atoms with E-state index in [1.54, 1.807) is 4.90 Å². The minimum Gasteiger partial charge on any atom is -0.484 e. The van der Waals surface area contributed by atoms with Gasteiger partial charge in [0.1, 0.15) is 11.6 Å². The number of sulfonamides is 1. The van der Waals surface area contributed by atoms with Crippen LogP contribution in [0.5, 0.6) is 5.75 Å². The third kappa shape index (κ3) is 5.37.